The van der Waals surface area contributed by atoms with Crippen LogP contribution in [0.2, 0.25) is 0 Å². The molecule has 0 saturated carbocycles. The summed E-state index contributed by atoms with van der Waals surface area (Å²) in [6, 6.07) is 80.9. The van der Waals surface area contributed by atoms with Crippen LogP contribution in [-0.2, 0) is 0 Å². The van der Waals surface area contributed by atoms with E-state index in [9.17, 15) is 0 Å². The largest absolute Gasteiger partial charge is 0.232 e. The second-order valence-corrected chi connectivity index (χ2v) is 15.3. The van der Waals surface area contributed by atoms with Crippen molar-refractivity contribution in [3.05, 3.63) is 231 Å². The Morgan fingerprint density at radius 2 is 0.820 bits per heavy atom. The fourth-order valence-electron chi connectivity index (χ4n) is 8.42. The molecule has 11 rings (SSSR count). The third-order valence-corrected chi connectivity index (χ3v) is 11.4. The van der Waals surface area contributed by atoms with E-state index in [4.69, 9.17) is 15.1 Å². The van der Waals surface area contributed by atoms with Crippen molar-refractivity contribution in [3.63, 3.8) is 0 Å². The van der Waals surface area contributed by atoms with Crippen LogP contribution >= 0.6 is 0 Å². The highest BCUT2D eigenvalue weighted by atomic mass is 15.3. The highest BCUT2D eigenvalue weighted by molar-refractivity contribution is 6.17. The van der Waals surface area contributed by atoms with Gasteiger partial charge >= 0.3 is 0 Å². The van der Waals surface area contributed by atoms with Crippen molar-refractivity contribution in [2.75, 3.05) is 0 Å². The maximum Gasteiger partial charge on any atom is 0.160 e. The summed E-state index contributed by atoms with van der Waals surface area (Å²) in [4.78, 5) is 10.3. The summed E-state index contributed by atoms with van der Waals surface area (Å²) in [5.74, 6) is 0.688. The van der Waals surface area contributed by atoms with Gasteiger partial charge in [-0.25, -0.2) is 14.6 Å². The van der Waals surface area contributed by atoms with Crippen molar-refractivity contribution in [3.8, 4) is 84.2 Å². The lowest BCUT2D eigenvalue weighted by Crippen LogP contribution is -1.97. The minimum Gasteiger partial charge on any atom is -0.232 e. The number of fused-ring (bicyclic) bond motifs is 3. The Kier molecular flexibility index (Phi) is 9.14. The molecule has 0 spiro atoms. The predicted octanol–water partition coefficient (Wildman–Crippen LogP) is 14.6. The Hall–Kier alpha value is -8.21. The van der Waals surface area contributed by atoms with Gasteiger partial charge in [-0.2, -0.15) is 5.10 Å². The van der Waals surface area contributed by atoms with E-state index in [0.717, 1.165) is 89.1 Å². The summed E-state index contributed by atoms with van der Waals surface area (Å²) in [5.41, 5.74) is 15.7. The number of rotatable bonds is 8. The first-order valence-corrected chi connectivity index (χ1v) is 20.6. The maximum atomic E-state index is 5.41. The van der Waals surface area contributed by atoms with E-state index in [1.807, 2.05) is 12.1 Å². The molecule has 0 aliphatic rings. The minimum atomic E-state index is 0.688. The molecule has 0 atom stereocenters. The van der Waals surface area contributed by atoms with Crippen LogP contribution in [0, 0.1) is 0 Å². The van der Waals surface area contributed by atoms with Gasteiger partial charge in [0.25, 0.3) is 0 Å². The van der Waals surface area contributed by atoms with E-state index in [2.05, 4.69) is 223 Å². The van der Waals surface area contributed by atoms with Crippen LogP contribution in [0.4, 0.5) is 0 Å². The van der Waals surface area contributed by atoms with Crippen molar-refractivity contribution in [1.29, 1.82) is 0 Å². The van der Waals surface area contributed by atoms with Gasteiger partial charge in [-0.3, -0.25) is 0 Å². The van der Waals surface area contributed by atoms with Gasteiger partial charge in [0.15, 0.2) is 5.82 Å². The van der Waals surface area contributed by atoms with Crippen LogP contribution < -0.4 is 0 Å². The molecule has 0 unspecified atom stereocenters. The molecule has 0 radical (unpaired) electrons. The molecule has 2 aromatic heterocycles. The average Bonchev–Trinajstić information content (AvgIpc) is 3.76. The quantitative estimate of drug-likeness (QED) is 0.154. The molecular formula is C57H38N4. The molecule has 0 bridgehead atoms. The lowest BCUT2D eigenvalue weighted by molar-refractivity contribution is 0.918. The second kappa shape index (κ2) is 15.5. The molecular weight excluding hydrogens is 741 g/mol. The van der Waals surface area contributed by atoms with Gasteiger partial charge in [-0.1, -0.05) is 194 Å². The number of hydrogen-bond acceptors (Lipinski definition) is 3. The van der Waals surface area contributed by atoms with Crippen LogP contribution in [0.3, 0.4) is 0 Å². The number of nitrogens with zero attached hydrogens (tertiary/aromatic N) is 4. The predicted molar refractivity (Wildman–Crippen MR) is 252 cm³/mol. The standard InChI is InChI=1S/C57H38N4/c1-5-17-39(18-6-1)45-27-16-29-48(36-45)57-58-52(42-21-9-3-10-22-42)38-53(59-57)47-28-15-26-44(35-47)40-31-33-49(34-32-40)61-56-50-30-14-13-25-46(50)37-51(41-19-7-2-8-20-41)54(56)55(60-61)43-23-11-4-12-24-43/h1-38H. The van der Waals surface area contributed by atoms with Gasteiger partial charge in [-0.05, 0) is 75.2 Å². The van der Waals surface area contributed by atoms with Crippen molar-refractivity contribution >= 4 is 21.7 Å². The zero-order valence-electron chi connectivity index (χ0n) is 33.2. The summed E-state index contributed by atoms with van der Waals surface area (Å²) >= 11 is 0. The topological polar surface area (TPSA) is 43.6 Å². The molecule has 286 valence electrons. The molecule has 61 heavy (non-hydrogen) atoms. The molecule has 11 aromatic rings. The number of hydrogen-bond donors (Lipinski definition) is 0. The van der Waals surface area contributed by atoms with Crippen molar-refractivity contribution in [2.24, 2.45) is 0 Å². The van der Waals surface area contributed by atoms with Gasteiger partial charge in [0.2, 0.25) is 0 Å². The number of benzene rings is 9. The fraction of sp³-hybridized carbons (Fsp3) is 0. The number of aromatic nitrogens is 4. The van der Waals surface area contributed by atoms with Crippen LogP contribution in [0.15, 0.2) is 231 Å². The zero-order valence-corrected chi connectivity index (χ0v) is 33.2. The van der Waals surface area contributed by atoms with E-state index in [1.165, 1.54) is 10.9 Å². The van der Waals surface area contributed by atoms with Crippen molar-refractivity contribution < 1.29 is 0 Å². The molecule has 0 aliphatic heterocycles. The lowest BCUT2D eigenvalue weighted by atomic mass is 9.94. The van der Waals surface area contributed by atoms with Gasteiger partial charge < -0.3 is 0 Å². The molecule has 0 fully saturated rings. The maximum absolute atomic E-state index is 5.41. The van der Waals surface area contributed by atoms with Gasteiger partial charge in [0.1, 0.15) is 5.69 Å². The summed E-state index contributed by atoms with van der Waals surface area (Å²) in [7, 11) is 0. The molecule has 4 nitrogen and oxygen atoms in total. The third kappa shape index (κ3) is 6.86. The van der Waals surface area contributed by atoms with Crippen LogP contribution in [-0.4, -0.2) is 19.7 Å². The Labute approximate surface area is 354 Å². The summed E-state index contributed by atoms with van der Waals surface area (Å²) in [6.07, 6.45) is 0. The van der Waals surface area contributed by atoms with Crippen molar-refractivity contribution in [1.82, 2.24) is 19.7 Å². The Morgan fingerprint density at radius 1 is 0.328 bits per heavy atom. The summed E-state index contributed by atoms with van der Waals surface area (Å²) < 4.78 is 2.13. The first kappa shape index (κ1) is 35.9. The molecule has 2 heterocycles. The highest BCUT2D eigenvalue weighted by Gasteiger charge is 2.21. The van der Waals surface area contributed by atoms with E-state index in [-0.39, 0.29) is 0 Å². The Bertz CT molecular complexity index is 3320. The van der Waals surface area contributed by atoms with E-state index in [1.54, 1.807) is 0 Å². The Morgan fingerprint density at radius 3 is 1.49 bits per heavy atom. The molecule has 9 aromatic carbocycles. The van der Waals surface area contributed by atoms with Gasteiger partial charge in [-0.15, -0.1) is 0 Å². The molecule has 4 heteroatoms. The summed E-state index contributed by atoms with van der Waals surface area (Å²) in [5, 5.41) is 8.89. The second-order valence-electron chi connectivity index (χ2n) is 15.3. The average molecular weight is 779 g/mol. The van der Waals surface area contributed by atoms with E-state index >= 15 is 0 Å². The van der Waals surface area contributed by atoms with Crippen LogP contribution in [0.25, 0.3) is 106 Å². The van der Waals surface area contributed by atoms with Crippen LogP contribution in [0.5, 0.6) is 0 Å². The molecule has 0 amide bonds. The first-order valence-electron chi connectivity index (χ1n) is 20.6. The fourth-order valence-corrected chi connectivity index (χ4v) is 8.42. The summed E-state index contributed by atoms with van der Waals surface area (Å²) in [6.45, 7) is 0. The third-order valence-electron chi connectivity index (χ3n) is 11.4. The van der Waals surface area contributed by atoms with Crippen molar-refractivity contribution in [2.45, 2.75) is 0 Å². The van der Waals surface area contributed by atoms with E-state index in [0.29, 0.717) is 5.82 Å². The van der Waals surface area contributed by atoms with Crippen LogP contribution in [0.1, 0.15) is 0 Å². The molecule has 0 saturated heterocycles. The Balaban J connectivity index is 1.01. The highest BCUT2D eigenvalue weighted by Crippen LogP contribution is 2.42. The molecule has 0 aliphatic carbocycles. The smallest absolute Gasteiger partial charge is 0.160 e. The lowest BCUT2D eigenvalue weighted by Gasteiger charge is -2.12. The molecule has 0 N–H and O–H groups in total. The monoisotopic (exact) mass is 778 g/mol. The first-order chi connectivity index (χ1) is 30.2. The zero-order chi connectivity index (χ0) is 40.5. The SMILES string of the molecule is c1ccc(-c2cccc(-c3nc(-c4ccccc4)cc(-c4cccc(-c5ccc(-n6nc(-c7ccccc7)c7c(-c8ccccc8)cc8ccccc8c76)cc5)c4)n3)c2)cc1. The van der Waals surface area contributed by atoms with E-state index < -0.39 is 0 Å². The minimum absolute atomic E-state index is 0.688. The normalized spacial score (nSPS) is 11.3. The van der Waals surface area contributed by atoms with Gasteiger partial charge in [0, 0.05) is 33.0 Å². The van der Waals surface area contributed by atoms with Gasteiger partial charge in [0.05, 0.1) is 22.6 Å².